The van der Waals surface area contributed by atoms with E-state index in [1.807, 2.05) is 57.1 Å². The number of hydrogen-bond donors (Lipinski definition) is 1. The number of ketones is 1. The summed E-state index contributed by atoms with van der Waals surface area (Å²) in [6.45, 7) is 3.75. The van der Waals surface area contributed by atoms with Gasteiger partial charge in [-0.15, -0.1) is 0 Å². The molecule has 1 heterocycles. The molecule has 1 aliphatic heterocycles. The molecule has 0 bridgehead atoms. The second kappa shape index (κ2) is 10.3. The molecule has 1 aromatic carbocycles. The van der Waals surface area contributed by atoms with Crippen LogP contribution in [-0.2, 0) is 23.9 Å². The Balaban J connectivity index is 1.78. The quantitative estimate of drug-likeness (QED) is 0.498. The Labute approximate surface area is 207 Å². The highest BCUT2D eigenvalue weighted by Gasteiger charge is 2.47. The number of Topliss-reactive ketones (excluding diaryl/α,β-unsaturated/α-hetero) is 1. The van der Waals surface area contributed by atoms with Gasteiger partial charge >= 0.3 is 11.9 Å². The van der Waals surface area contributed by atoms with Gasteiger partial charge in [-0.1, -0.05) is 25.5 Å². The van der Waals surface area contributed by atoms with Crippen molar-refractivity contribution in [2.24, 2.45) is 11.8 Å². The van der Waals surface area contributed by atoms with Crippen molar-refractivity contribution >= 4 is 23.4 Å². The van der Waals surface area contributed by atoms with Gasteiger partial charge in [0.25, 0.3) is 0 Å². The maximum Gasteiger partial charge on any atom is 0.337 e. The first-order chi connectivity index (χ1) is 16.7. The van der Waals surface area contributed by atoms with Gasteiger partial charge in [-0.05, 0) is 62.6 Å². The molecule has 0 saturated heterocycles. The van der Waals surface area contributed by atoms with Gasteiger partial charge in [-0.3, -0.25) is 9.59 Å². The second-order valence-corrected chi connectivity index (χ2v) is 10.2. The number of hydrogen-bond acceptors (Lipinski definition) is 7. The van der Waals surface area contributed by atoms with Crippen LogP contribution in [0.1, 0.15) is 63.9 Å². The molecule has 0 radical (unpaired) electrons. The molecule has 0 aromatic heterocycles. The number of nitrogens with zero attached hydrogens (tertiary/aromatic N) is 1. The van der Waals surface area contributed by atoms with Gasteiger partial charge in [0.05, 0.1) is 12.7 Å². The van der Waals surface area contributed by atoms with Crippen molar-refractivity contribution in [3.8, 4) is 0 Å². The van der Waals surface area contributed by atoms with Gasteiger partial charge in [0.2, 0.25) is 0 Å². The van der Waals surface area contributed by atoms with Crippen LogP contribution in [-0.4, -0.2) is 45.0 Å². The molecule has 3 atom stereocenters. The summed E-state index contributed by atoms with van der Waals surface area (Å²) in [5.41, 5.74) is 4.22. The highest BCUT2D eigenvalue weighted by Crippen LogP contribution is 2.46. The molecule has 1 fully saturated rings. The summed E-state index contributed by atoms with van der Waals surface area (Å²) in [5, 5.41) is 3.33. The minimum absolute atomic E-state index is 0.103. The minimum atomic E-state index is -0.891. The minimum Gasteiger partial charge on any atom is -0.468 e. The lowest BCUT2D eigenvalue weighted by Crippen LogP contribution is -2.43. The third kappa shape index (κ3) is 4.86. The highest BCUT2D eigenvalue weighted by atomic mass is 16.5. The fraction of sp³-hybridized carbons (Fsp3) is 0.536. The van der Waals surface area contributed by atoms with Crippen molar-refractivity contribution in [2.45, 2.75) is 64.4 Å². The van der Waals surface area contributed by atoms with Crippen molar-refractivity contribution in [3.63, 3.8) is 0 Å². The normalized spacial score (nSPS) is 25.1. The molecule has 0 unspecified atom stereocenters. The molecular weight excluding hydrogens is 444 g/mol. The Hall–Kier alpha value is -3.09. The lowest BCUT2D eigenvalue weighted by atomic mass is 9.69. The number of nitrogens with one attached hydrogen (secondary N) is 1. The predicted octanol–water partition coefficient (Wildman–Crippen LogP) is 4.24. The molecule has 2 aliphatic carbocycles. The number of esters is 2. The smallest absolute Gasteiger partial charge is 0.337 e. The number of ether oxygens (including phenoxy) is 2. The average Bonchev–Trinajstić information content (AvgIpc) is 2.83. The van der Waals surface area contributed by atoms with Gasteiger partial charge in [-0.2, -0.15) is 0 Å². The summed E-state index contributed by atoms with van der Waals surface area (Å²) < 4.78 is 11.0. The van der Waals surface area contributed by atoms with Gasteiger partial charge < -0.3 is 19.7 Å². The summed E-state index contributed by atoms with van der Waals surface area (Å²) in [7, 11) is 5.23. The molecular formula is C28H36N2O5. The van der Waals surface area contributed by atoms with E-state index in [-0.39, 0.29) is 17.8 Å². The third-order valence-corrected chi connectivity index (χ3v) is 7.53. The van der Waals surface area contributed by atoms with Crippen molar-refractivity contribution in [1.29, 1.82) is 0 Å². The Kier molecular flexibility index (Phi) is 7.33. The zero-order chi connectivity index (χ0) is 25.3. The summed E-state index contributed by atoms with van der Waals surface area (Å²) in [6, 6.07) is 7.86. The number of carbonyl (C=O) groups is 3. The fourth-order valence-electron chi connectivity index (χ4n) is 5.65. The molecule has 4 rings (SSSR count). The number of anilines is 1. The van der Waals surface area contributed by atoms with Crippen molar-refractivity contribution < 1.29 is 23.9 Å². The first-order valence-electron chi connectivity index (χ1n) is 12.5. The number of dihydropyridines is 1. The first-order valence-corrected chi connectivity index (χ1v) is 12.5. The average molecular weight is 481 g/mol. The largest absolute Gasteiger partial charge is 0.468 e. The zero-order valence-corrected chi connectivity index (χ0v) is 21.3. The molecule has 35 heavy (non-hydrogen) atoms. The molecule has 3 aliphatic rings. The lowest BCUT2D eigenvalue weighted by molar-refractivity contribution is -0.151. The zero-order valence-electron chi connectivity index (χ0n) is 21.3. The van der Waals surface area contributed by atoms with E-state index >= 15 is 0 Å². The first kappa shape index (κ1) is 25.0. The Bertz CT molecular complexity index is 1060. The van der Waals surface area contributed by atoms with Gasteiger partial charge in [-0.25, -0.2) is 4.79 Å². The van der Waals surface area contributed by atoms with Crippen LogP contribution < -0.4 is 10.2 Å². The van der Waals surface area contributed by atoms with Crippen LogP contribution in [0.3, 0.4) is 0 Å². The van der Waals surface area contributed by atoms with Gasteiger partial charge in [0.15, 0.2) is 5.78 Å². The third-order valence-electron chi connectivity index (χ3n) is 7.53. The Morgan fingerprint density at radius 3 is 2.31 bits per heavy atom. The predicted molar refractivity (Wildman–Crippen MR) is 134 cm³/mol. The van der Waals surface area contributed by atoms with Gasteiger partial charge in [0.1, 0.15) is 12.0 Å². The van der Waals surface area contributed by atoms with E-state index < -0.39 is 23.8 Å². The standard InChI is InChI=1S/C28H36N2O5/c1-16-15-21-25(26(31)22(16)27(32)34-5)24(18-11-13-19(14-12-18)30(3)4)23(17(2)29-21)28(33)35-20-9-7-6-8-10-20/h11-14,16,20,22,24,29H,6-10,15H2,1-5H3/t16-,22+,24+/m0/s1. The molecule has 1 aromatic rings. The van der Waals surface area contributed by atoms with Crippen LogP contribution >= 0.6 is 0 Å². The number of methoxy groups -OCH3 is 1. The van der Waals surface area contributed by atoms with Crippen molar-refractivity contribution in [3.05, 3.63) is 52.4 Å². The van der Waals surface area contributed by atoms with E-state index in [4.69, 9.17) is 9.47 Å². The number of carbonyl (C=O) groups excluding carboxylic acids is 3. The topological polar surface area (TPSA) is 84.9 Å². The van der Waals surface area contributed by atoms with E-state index in [2.05, 4.69) is 5.32 Å². The van der Waals surface area contributed by atoms with Crippen LogP contribution in [0, 0.1) is 11.8 Å². The van der Waals surface area contributed by atoms with Crippen LogP contribution in [0.2, 0.25) is 0 Å². The number of benzene rings is 1. The number of rotatable bonds is 5. The SMILES string of the molecule is COC(=O)[C@H]1C(=O)C2=C(C[C@@H]1C)NC(C)=C(C(=O)OC1CCCCC1)[C@H]2c1ccc(N(C)C)cc1. The monoisotopic (exact) mass is 480 g/mol. The molecule has 1 N–H and O–H groups in total. The van der Waals surface area contributed by atoms with Crippen molar-refractivity contribution in [2.75, 3.05) is 26.1 Å². The maximum absolute atomic E-state index is 13.8. The Morgan fingerprint density at radius 2 is 1.71 bits per heavy atom. The van der Waals surface area contributed by atoms with Crippen LogP contribution in [0.15, 0.2) is 46.8 Å². The summed E-state index contributed by atoms with van der Waals surface area (Å²) in [6.07, 6.45) is 5.41. The van der Waals surface area contributed by atoms with Gasteiger partial charge in [0, 0.05) is 42.7 Å². The molecule has 1 saturated carbocycles. The van der Waals surface area contributed by atoms with E-state index in [1.54, 1.807) is 0 Å². The van der Waals surface area contributed by atoms with E-state index in [0.29, 0.717) is 23.3 Å². The van der Waals surface area contributed by atoms with E-state index in [0.717, 1.165) is 49.1 Å². The number of allylic oxidation sites excluding steroid dienone is 3. The van der Waals surface area contributed by atoms with E-state index in [9.17, 15) is 14.4 Å². The fourth-order valence-corrected chi connectivity index (χ4v) is 5.65. The molecule has 7 nitrogen and oxygen atoms in total. The lowest BCUT2D eigenvalue weighted by Gasteiger charge is -2.38. The van der Waals surface area contributed by atoms with Crippen LogP contribution in [0.5, 0.6) is 0 Å². The molecule has 188 valence electrons. The molecule has 0 spiro atoms. The summed E-state index contributed by atoms with van der Waals surface area (Å²) in [4.78, 5) is 42.0. The molecule has 0 amide bonds. The molecule has 7 heteroatoms. The summed E-state index contributed by atoms with van der Waals surface area (Å²) in [5.74, 6) is -2.91. The highest BCUT2D eigenvalue weighted by molar-refractivity contribution is 6.12. The van der Waals surface area contributed by atoms with E-state index in [1.165, 1.54) is 7.11 Å². The second-order valence-electron chi connectivity index (χ2n) is 10.2. The van der Waals surface area contributed by atoms with Crippen LogP contribution in [0.25, 0.3) is 0 Å². The van der Waals surface area contributed by atoms with Crippen LogP contribution in [0.4, 0.5) is 5.69 Å². The maximum atomic E-state index is 13.8. The Morgan fingerprint density at radius 1 is 1.06 bits per heavy atom. The summed E-state index contributed by atoms with van der Waals surface area (Å²) >= 11 is 0. The van der Waals surface area contributed by atoms with Crippen molar-refractivity contribution in [1.82, 2.24) is 5.32 Å².